The molecule has 6 nitrogen and oxygen atoms in total. The normalized spacial score (nSPS) is 18.1. The molecule has 3 rings (SSSR count). The third kappa shape index (κ3) is 4.13. The van der Waals surface area contributed by atoms with E-state index in [2.05, 4.69) is 5.32 Å². The maximum absolute atomic E-state index is 12.5. The Kier molecular flexibility index (Phi) is 5.61. The van der Waals surface area contributed by atoms with E-state index in [1.54, 1.807) is 29.8 Å². The van der Waals surface area contributed by atoms with Crippen LogP contribution in [-0.4, -0.2) is 31.7 Å². The molecule has 2 aromatic rings. The molecule has 0 unspecified atom stereocenters. The summed E-state index contributed by atoms with van der Waals surface area (Å²) >= 11 is 1.24. The van der Waals surface area contributed by atoms with Gasteiger partial charge in [-0.2, -0.15) is 4.31 Å². The molecule has 1 aliphatic heterocycles. The molecule has 1 fully saturated rings. The van der Waals surface area contributed by atoms with Gasteiger partial charge in [0.15, 0.2) is 0 Å². The first-order valence-electron chi connectivity index (χ1n) is 8.32. The Balaban J connectivity index is 1.52. The minimum atomic E-state index is -3.39. The number of carbonyl (C=O) groups excluding carboxylic acids is 1. The van der Waals surface area contributed by atoms with E-state index < -0.39 is 10.0 Å². The largest absolute Gasteiger partial charge is 0.467 e. The Bertz CT molecular complexity index is 777. The summed E-state index contributed by atoms with van der Waals surface area (Å²) in [5.74, 6) is 0.737. The van der Waals surface area contributed by atoms with Gasteiger partial charge in [-0.15, -0.1) is 11.3 Å². The summed E-state index contributed by atoms with van der Waals surface area (Å²) in [6.45, 7) is 3.20. The Morgan fingerprint density at radius 2 is 2.12 bits per heavy atom. The summed E-state index contributed by atoms with van der Waals surface area (Å²) in [7, 11) is -3.39. The quantitative estimate of drug-likeness (QED) is 0.833. The number of hydrogen-bond donors (Lipinski definition) is 1. The lowest BCUT2D eigenvalue weighted by Gasteiger charge is -2.33. The van der Waals surface area contributed by atoms with Gasteiger partial charge in [0.25, 0.3) is 10.0 Å². The van der Waals surface area contributed by atoms with Crippen LogP contribution in [0.15, 0.2) is 44.5 Å². The van der Waals surface area contributed by atoms with Crippen molar-refractivity contribution in [3.63, 3.8) is 0 Å². The van der Waals surface area contributed by atoms with Gasteiger partial charge in [0.05, 0.1) is 12.8 Å². The number of furan rings is 1. The summed E-state index contributed by atoms with van der Waals surface area (Å²) in [5.41, 5.74) is 0. The number of rotatable bonds is 6. The van der Waals surface area contributed by atoms with E-state index in [0.717, 1.165) is 5.76 Å². The van der Waals surface area contributed by atoms with E-state index >= 15 is 0 Å². The van der Waals surface area contributed by atoms with Crippen molar-refractivity contribution in [3.8, 4) is 0 Å². The van der Waals surface area contributed by atoms with Crippen molar-refractivity contribution in [1.82, 2.24) is 9.62 Å². The van der Waals surface area contributed by atoms with E-state index in [1.807, 2.05) is 13.0 Å². The van der Waals surface area contributed by atoms with E-state index in [4.69, 9.17) is 4.42 Å². The van der Waals surface area contributed by atoms with Crippen molar-refractivity contribution >= 4 is 27.3 Å². The predicted molar refractivity (Wildman–Crippen MR) is 95.5 cm³/mol. The molecule has 1 amide bonds. The third-order valence-corrected chi connectivity index (χ3v) is 8.00. The standard InChI is InChI=1S/C17H22N2O4S2/c1-13(17(20)18-12-15-4-2-10-23-15)14-6-8-19(9-7-14)25(21,22)16-5-3-11-24-16/h2-5,10-11,13-14H,6-9,12H2,1H3,(H,18,20)/t13-/m0/s1. The minimum absolute atomic E-state index is 0.0176. The predicted octanol–water partition coefficient (Wildman–Crippen LogP) is 2.69. The number of thiophene rings is 1. The van der Waals surface area contributed by atoms with Gasteiger partial charge in [0.1, 0.15) is 9.97 Å². The summed E-state index contributed by atoms with van der Waals surface area (Å²) in [4.78, 5) is 12.3. The van der Waals surface area contributed by atoms with Crippen molar-refractivity contribution in [2.75, 3.05) is 13.1 Å². The second-order valence-corrected chi connectivity index (χ2v) is 9.37. The Labute approximate surface area is 151 Å². The van der Waals surface area contributed by atoms with E-state index in [0.29, 0.717) is 36.7 Å². The van der Waals surface area contributed by atoms with Crippen molar-refractivity contribution in [2.45, 2.75) is 30.5 Å². The minimum Gasteiger partial charge on any atom is -0.467 e. The number of piperidine rings is 1. The maximum Gasteiger partial charge on any atom is 0.252 e. The Morgan fingerprint density at radius 3 is 2.72 bits per heavy atom. The van der Waals surface area contributed by atoms with Gasteiger partial charge in [0.2, 0.25) is 5.91 Å². The van der Waals surface area contributed by atoms with Crippen LogP contribution in [0.25, 0.3) is 0 Å². The molecule has 1 saturated heterocycles. The molecule has 3 heterocycles. The van der Waals surface area contributed by atoms with Crippen LogP contribution < -0.4 is 5.32 Å². The highest BCUT2D eigenvalue weighted by Gasteiger charge is 2.33. The Morgan fingerprint density at radius 1 is 1.36 bits per heavy atom. The highest BCUT2D eigenvalue weighted by molar-refractivity contribution is 7.91. The van der Waals surface area contributed by atoms with Crippen molar-refractivity contribution < 1.29 is 17.6 Å². The second-order valence-electron chi connectivity index (χ2n) is 6.26. The molecule has 1 atom stereocenters. The van der Waals surface area contributed by atoms with Crippen LogP contribution in [0.4, 0.5) is 0 Å². The highest BCUT2D eigenvalue weighted by atomic mass is 32.2. The molecule has 0 aromatic carbocycles. The average molecular weight is 383 g/mol. The summed E-state index contributed by atoms with van der Waals surface area (Å²) in [5, 5.41) is 4.65. The molecule has 8 heteroatoms. The van der Waals surface area contributed by atoms with Gasteiger partial charge in [-0.25, -0.2) is 8.42 Å². The molecule has 0 saturated carbocycles. The number of carbonyl (C=O) groups is 1. The van der Waals surface area contributed by atoms with Gasteiger partial charge >= 0.3 is 0 Å². The zero-order chi connectivity index (χ0) is 17.9. The monoisotopic (exact) mass is 382 g/mol. The zero-order valence-corrected chi connectivity index (χ0v) is 15.7. The number of hydrogen-bond acceptors (Lipinski definition) is 5. The van der Waals surface area contributed by atoms with Gasteiger partial charge in [0, 0.05) is 19.0 Å². The zero-order valence-electron chi connectivity index (χ0n) is 14.1. The van der Waals surface area contributed by atoms with E-state index in [9.17, 15) is 13.2 Å². The molecule has 1 N–H and O–H groups in total. The number of nitrogens with zero attached hydrogens (tertiary/aromatic N) is 1. The lowest BCUT2D eigenvalue weighted by atomic mass is 9.85. The van der Waals surface area contributed by atoms with Crippen LogP contribution in [0.5, 0.6) is 0 Å². The third-order valence-electron chi connectivity index (χ3n) is 4.73. The van der Waals surface area contributed by atoms with Crippen molar-refractivity contribution in [2.24, 2.45) is 11.8 Å². The SMILES string of the molecule is C[C@H](C(=O)NCc1ccco1)C1CCN(S(=O)(=O)c2cccs2)CC1. The molecule has 25 heavy (non-hydrogen) atoms. The topological polar surface area (TPSA) is 79.6 Å². The van der Waals surface area contributed by atoms with Crippen LogP contribution in [0.2, 0.25) is 0 Å². The number of amides is 1. The first-order chi connectivity index (χ1) is 12.0. The van der Waals surface area contributed by atoms with E-state index in [1.165, 1.54) is 15.6 Å². The number of nitrogens with one attached hydrogen (secondary N) is 1. The fourth-order valence-electron chi connectivity index (χ4n) is 3.12. The van der Waals surface area contributed by atoms with Crippen molar-refractivity contribution in [3.05, 3.63) is 41.7 Å². The molecule has 136 valence electrons. The first-order valence-corrected chi connectivity index (χ1v) is 10.6. The molecule has 2 aromatic heterocycles. The van der Waals surface area contributed by atoms with Gasteiger partial charge in [-0.1, -0.05) is 13.0 Å². The van der Waals surface area contributed by atoms with Crippen LogP contribution in [0, 0.1) is 11.8 Å². The molecule has 0 aliphatic carbocycles. The lowest BCUT2D eigenvalue weighted by molar-refractivity contribution is -0.126. The van der Waals surface area contributed by atoms with Crippen LogP contribution in [0.1, 0.15) is 25.5 Å². The van der Waals surface area contributed by atoms with Gasteiger partial charge in [-0.05, 0) is 42.3 Å². The second kappa shape index (κ2) is 7.72. The highest BCUT2D eigenvalue weighted by Crippen LogP contribution is 2.29. The van der Waals surface area contributed by atoms with Crippen LogP contribution in [-0.2, 0) is 21.4 Å². The maximum atomic E-state index is 12.5. The molecule has 1 aliphatic rings. The van der Waals surface area contributed by atoms with Gasteiger partial charge in [-0.3, -0.25) is 4.79 Å². The fraction of sp³-hybridized carbons (Fsp3) is 0.471. The smallest absolute Gasteiger partial charge is 0.252 e. The Hall–Kier alpha value is -1.64. The summed E-state index contributed by atoms with van der Waals surface area (Å²) < 4.78 is 32.2. The summed E-state index contributed by atoms with van der Waals surface area (Å²) in [6, 6.07) is 6.99. The average Bonchev–Trinajstić information content (AvgIpc) is 3.32. The number of sulfonamides is 1. The van der Waals surface area contributed by atoms with Crippen molar-refractivity contribution in [1.29, 1.82) is 0 Å². The van der Waals surface area contributed by atoms with Gasteiger partial charge < -0.3 is 9.73 Å². The molecule has 0 spiro atoms. The van der Waals surface area contributed by atoms with Crippen LogP contribution in [0.3, 0.4) is 0 Å². The molecular formula is C17H22N2O4S2. The first kappa shape index (κ1) is 18.2. The summed E-state index contributed by atoms with van der Waals surface area (Å²) in [6.07, 6.45) is 2.97. The fourth-order valence-corrected chi connectivity index (χ4v) is 5.73. The lowest BCUT2D eigenvalue weighted by Crippen LogP contribution is -2.42. The van der Waals surface area contributed by atoms with E-state index in [-0.39, 0.29) is 17.7 Å². The molecular weight excluding hydrogens is 360 g/mol. The van der Waals surface area contributed by atoms with Crippen LogP contribution >= 0.6 is 11.3 Å². The molecule has 0 radical (unpaired) electrons. The molecule has 0 bridgehead atoms.